The van der Waals surface area contributed by atoms with E-state index < -0.39 is 0 Å². The first-order valence-electron chi connectivity index (χ1n) is 12.9. The molecule has 0 fully saturated rings. The van der Waals surface area contributed by atoms with Crippen LogP contribution in [-0.4, -0.2) is 25.6 Å². The van der Waals surface area contributed by atoms with Crippen LogP contribution in [0.4, 0.5) is 9.93 Å². The van der Waals surface area contributed by atoms with Crippen LogP contribution in [0.15, 0.2) is 81.8 Å². The number of nitrogens with zero attached hydrogens (tertiary/aromatic N) is 3. The lowest BCUT2D eigenvalue weighted by Crippen LogP contribution is -2.28. The van der Waals surface area contributed by atoms with Gasteiger partial charge in [0, 0.05) is 46.5 Å². The third kappa shape index (κ3) is 7.38. The normalized spacial score (nSPS) is 11.2. The molecule has 0 saturated heterocycles. The van der Waals surface area contributed by atoms with E-state index in [4.69, 9.17) is 23.2 Å². The molecule has 0 radical (unpaired) electrons. The molecule has 0 spiro atoms. The van der Waals surface area contributed by atoms with Crippen molar-refractivity contribution < 1.29 is 4.79 Å². The molecular weight excluding hydrogens is 659 g/mol. The lowest BCUT2D eigenvalue weighted by Gasteiger charge is -2.14. The fourth-order valence-electron chi connectivity index (χ4n) is 4.31. The lowest BCUT2D eigenvalue weighted by molar-refractivity contribution is 0.251. The number of halogens is 3. The molecule has 214 valence electrons. The van der Waals surface area contributed by atoms with Gasteiger partial charge in [0.15, 0.2) is 10.6 Å². The molecule has 8 nitrogen and oxygen atoms in total. The zero-order chi connectivity index (χ0) is 29.6. The molecule has 42 heavy (non-hydrogen) atoms. The first-order valence-corrected chi connectivity index (χ1v) is 15.2. The number of anilines is 1. The van der Waals surface area contributed by atoms with Crippen LogP contribution in [0.3, 0.4) is 0 Å². The first-order chi connectivity index (χ1) is 20.3. The number of hydrogen-bond acceptors (Lipinski definition) is 5. The number of carbonyl (C=O) groups excluding carboxylic acids is 1. The van der Waals surface area contributed by atoms with Gasteiger partial charge in [-0.2, -0.15) is 0 Å². The number of amides is 2. The molecule has 0 aliphatic carbocycles. The Morgan fingerprint density at radius 3 is 2.55 bits per heavy atom. The summed E-state index contributed by atoms with van der Waals surface area (Å²) < 4.78 is 2.87. The number of carbonyl (C=O) groups is 1. The summed E-state index contributed by atoms with van der Waals surface area (Å²) in [6, 6.07) is 14.6. The molecule has 5 rings (SSSR count). The van der Waals surface area contributed by atoms with Crippen molar-refractivity contribution in [2.45, 2.75) is 26.4 Å². The number of nitrogens with one attached hydrogen (secondary N) is 3. The van der Waals surface area contributed by atoms with Gasteiger partial charge in [-0.05, 0) is 51.7 Å². The number of rotatable bonds is 9. The maximum absolute atomic E-state index is 12.7. The molecule has 0 saturated carbocycles. The second kappa shape index (κ2) is 13.5. The number of benzene rings is 2. The van der Waals surface area contributed by atoms with Crippen molar-refractivity contribution in [1.82, 2.24) is 24.8 Å². The highest BCUT2D eigenvalue weighted by molar-refractivity contribution is 9.11. The van der Waals surface area contributed by atoms with E-state index in [0.717, 1.165) is 31.9 Å². The molecule has 3 N–H and O–H groups in total. The van der Waals surface area contributed by atoms with Gasteiger partial charge in [-0.25, -0.2) is 14.8 Å². The van der Waals surface area contributed by atoms with Crippen LogP contribution in [0, 0.1) is 6.92 Å². The average Bonchev–Trinajstić information content (AvgIpc) is 3.61. The zero-order valence-corrected chi connectivity index (χ0v) is 26.2. The van der Waals surface area contributed by atoms with Gasteiger partial charge in [0.1, 0.15) is 5.82 Å². The van der Waals surface area contributed by atoms with Gasteiger partial charge in [0.05, 0.1) is 28.4 Å². The van der Waals surface area contributed by atoms with E-state index in [-0.39, 0.29) is 18.0 Å². The van der Waals surface area contributed by atoms with Crippen molar-refractivity contribution in [2.24, 2.45) is 0 Å². The van der Waals surface area contributed by atoms with Gasteiger partial charge in [-0.3, -0.25) is 10.1 Å². The average molecular weight is 684 g/mol. The fraction of sp³-hybridized carbons (Fsp3) is 0.133. The second-order valence-corrected chi connectivity index (χ2v) is 12.5. The van der Waals surface area contributed by atoms with E-state index in [0.29, 0.717) is 39.5 Å². The number of aromatic amines is 1. The maximum Gasteiger partial charge on any atom is 0.321 e. The number of pyridine rings is 1. The summed E-state index contributed by atoms with van der Waals surface area (Å²) in [6.07, 6.45) is 9.63. The molecule has 2 aromatic carbocycles. The molecule has 0 bridgehead atoms. The van der Waals surface area contributed by atoms with Crippen molar-refractivity contribution >= 4 is 67.7 Å². The minimum absolute atomic E-state index is 0.0376. The molecule has 3 heterocycles. The lowest BCUT2D eigenvalue weighted by atomic mass is 10.0. The largest absolute Gasteiger partial charge is 0.347 e. The summed E-state index contributed by atoms with van der Waals surface area (Å²) in [5, 5.41) is 7.04. The van der Waals surface area contributed by atoms with Crippen LogP contribution < -0.4 is 16.1 Å². The SMILES string of the molecule is Cc1c(Cc2c(Cl)cccc2Cl)c(=O)ccn1C/C=C/c1ccc(-c2cnc(CNC(=O)Nc3ncc(Br)s3)[nH]2)cc1. The Balaban J connectivity index is 1.18. The first kappa shape index (κ1) is 29.8. The van der Waals surface area contributed by atoms with Crippen LogP contribution in [0.1, 0.15) is 28.2 Å². The number of imidazole rings is 1. The summed E-state index contributed by atoms with van der Waals surface area (Å²) in [6.45, 7) is 2.78. The summed E-state index contributed by atoms with van der Waals surface area (Å²) in [5.74, 6) is 0.636. The molecule has 0 unspecified atom stereocenters. The van der Waals surface area contributed by atoms with E-state index in [1.807, 2.05) is 47.9 Å². The van der Waals surface area contributed by atoms with Crippen molar-refractivity contribution in [2.75, 3.05) is 5.32 Å². The molecule has 5 aromatic rings. The highest BCUT2D eigenvalue weighted by Crippen LogP contribution is 2.27. The van der Waals surface area contributed by atoms with Crippen LogP contribution >= 0.6 is 50.5 Å². The Hall–Kier alpha value is -3.70. The molecule has 12 heteroatoms. The maximum atomic E-state index is 12.7. The third-order valence-corrected chi connectivity index (χ3v) is 8.66. The minimum atomic E-state index is -0.357. The summed E-state index contributed by atoms with van der Waals surface area (Å²) in [7, 11) is 0. The Labute approximate surface area is 264 Å². The van der Waals surface area contributed by atoms with E-state index >= 15 is 0 Å². The van der Waals surface area contributed by atoms with E-state index in [1.54, 1.807) is 42.9 Å². The van der Waals surface area contributed by atoms with Crippen LogP contribution in [0.2, 0.25) is 10.0 Å². The monoisotopic (exact) mass is 682 g/mol. The van der Waals surface area contributed by atoms with Gasteiger partial charge in [0.2, 0.25) is 0 Å². The van der Waals surface area contributed by atoms with Crippen LogP contribution in [-0.2, 0) is 19.5 Å². The summed E-state index contributed by atoms with van der Waals surface area (Å²) in [4.78, 5) is 36.4. The van der Waals surface area contributed by atoms with Gasteiger partial charge in [0.25, 0.3) is 0 Å². The number of H-pyrrole nitrogens is 1. The number of aromatic nitrogens is 4. The van der Waals surface area contributed by atoms with Crippen molar-refractivity contribution in [3.8, 4) is 11.3 Å². The number of urea groups is 1. The molecule has 2 amide bonds. The predicted molar refractivity (Wildman–Crippen MR) is 173 cm³/mol. The Morgan fingerprint density at radius 1 is 1.07 bits per heavy atom. The summed E-state index contributed by atoms with van der Waals surface area (Å²) in [5.41, 5.74) is 5.12. The van der Waals surface area contributed by atoms with E-state index in [2.05, 4.69) is 41.5 Å². The van der Waals surface area contributed by atoms with E-state index in [9.17, 15) is 9.59 Å². The van der Waals surface area contributed by atoms with Gasteiger partial charge < -0.3 is 14.9 Å². The van der Waals surface area contributed by atoms with E-state index in [1.165, 1.54) is 11.3 Å². The molecule has 0 atom stereocenters. The smallest absolute Gasteiger partial charge is 0.321 e. The zero-order valence-electron chi connectivity index (χ0n) is 22.3. The summed E-state index contributed by atoms with van der Waals surface area (Å²) >= 11 is 17.3. The molecule has 0 aliphatic rings. The van der Waals surface area contributed by atoms with Gasteiger partial charge in [-0.15, -0.1) is 0 Å². The molecular formula is C30H25BrCl2N6O2S. The quantitative estimate of drug-likeness (QED) is 0.148. The Kier molecular flexibility index (Phi) is 9.58. The van der Waals surface area contributed by atoms with Gasteiger partial charge >= 0.3 is 6.03 Å². The second-order valence-electron chi connectivity index (χ2n) is 9.32. The standard InChI is InChI=1S/C30H25BrCl2N6O2S/c1-18-21(14-22-23(32)5-2-6-24(22)33)26(40)11-13-39(18)12-3-4-19-7-9-20(10-8-19)25-15-34-28(37-25)17-35-29(41)38-30-36-16-27(31)42-30/h2-11,13,15-16H,12,14,17H2,1H3,(H,34,37)(H2,35,36,38,41)/b4-3+. The van der Waals surface area contributed by atoms with Crippen LogP contribution in [0.25, 0.3) is 17.3 Å². The minimum Gasteiger partial charge on any atom is -0.347 e. The van der Waals surface area contributed by atoms with Crippen molar-refractivity contribution in [1.29, 1.82) is 0 Å². The Bertz CT molecular complexity index is 1790. The fourth-order valence-corrected chi connectivity index (χ4v) is 5.94. The van der Waals surface area contributed by atoms with Crippen LogP contribution in [0.5, 0.6) is 0 Å². The molecule has 3 aromatic heterocycles. The highest BCUT2D eigenvalue weighted by Gasteiger charge is 2.13. The topological polar surface area (TPSA) is 105 Å². The number of hydrogen-bond donors (Lipinski definition) is 3. The van der Waals surface area contributed by atoms with Crippen molar-refractivity contribution in [3.05, 3.63) is 125 Å². The predicted octanol–water partition coefficient (Wildman–Crippen LogP) is 7.70. The Morgan fingerprint density at radius 2 is 1.83 bits per heavy atom. The van der Waals surface area contributed by atoms with Gasteiger partial charge in [-0.1, -0.05) is 77.0 Å². The number of allylic oxidation sites excluding steroid dienone is 1. The highest BCUT2D eigenvalue weighted by atomic mass is 79.9. The number of thiazole rings is 1. The van der Waals surface area contributed by atoms with Crippen molar-refractivity contribution in [3.63, 3.8) is 0 Å². The molecule has 0 aliphatic heterocycles. The third-order valence-electron chi connectivity index (χ3n) is 6.56.